The van der Waals surface area contributed by atoms with E-state index in [0.29, 0.717) is 13.0 Å². The summed E-state index contributed by atoms with van der Waals surface area (Å²) >= 11 is 0. The normalized spacial score (nSPS) is 11.0. The van der Waals surface area contributed by atoms with Crippen molar-refractivity contribution in [2.24, 2.45) is 0 Å². The molecule has 0 N–H and O–H groups in total. The van der Waals surface area contributed by atoms with E-state index in [4.69, 9.17) is 4.74 Å². The Hall–Kier alpha value is -1.06. The summed E-state index contributed by atoms with van der Waals surface area (Å²) in [5.74, 6) is 0.0442. The van der Waals surface area contributed by atoms with Crippen LogP contribution in [0.3, 0.4) is 0 Å². The molecule has 0 unspecified atom stereocenters. The van der Waals surface area contributed by atoms with Gasteiger partial charge >= 0.3 is 6.09 Å². The van der Waals surface area contributed by atoms with Crippen LogP contribution in [0, 0.1) is 0 Å². The Balaban J connectivity index is 4.29. The summed E-state index contributed by atoms with van der Waals surface area (Å²) in [6, 6.07) is 0. The highest BCUT2D eigenvalue weighted by molar-refractivity contribution is 5.83. The molecule has 0 saturated heterocycles. The molecule has 4 heteroatoms. The molecule has 0 aromatic carbocycles. The van der Waals surface area contributed by atoms with E-state index in [9.17, 15) is 9.59 Å². The van der Waals surface area contributed by atoms with E-state index in [1.54, 1.807) is 27.7 Å². The van der Waals surface area contributed by atoms with Gasteiger partial charge in [0.15, 0.2) is 5.78 Å². The number of nitrogens with zero attached hydrogens (tertiary/aromatic N) is 1. The number of rotatable bonds is 4. The summed E-state index contributed by atoms with van der Waals surface area (Å²) in [5, 5.41) is 0. The maximum absolute atomic E-state index is 11.6. The van der Waals surface area contributed by atoms with Gasteiger partial charge in [0.1, 0.15) is 5.60 Å². The van der Waals surface area contributed by atoms with Crippen LogP contribution in [-0.4, -0.2) is 35.5 Å². The zero-order valence-electron chi connectivity index (χ0n) is 10.3. The molecule has 0 aromatic heterocycles. The highest BCUT2D eigenvalue weighted by Crippen LogP contribution is 2.09. The molecular weight excluding hydrogens is 194 g/mol. The monoisotopic (exact) mass is 215 g/mol. The first-order chi connectivity index (χ1) is 6.80. The average molecular weight is 215 g/mol. The van der Waals surface area contributed by atoms with Crippen molar-refractivity contribution in [1.82, 2.24) is 4.90 Å². The lowest BCUT2D eigenvalue weighted by Gasteiger charge is -2.25. The van der Waals surface area contributed by atoms with Crippen LogP contribution < -0.4 is 0 Å². The van der Waals surface area contributed by atoms with Crippen molar-refractivity contribution in [3.05, 3.63) is 0 Å². The standard InChI is InChI=1S/C11H21NO3/c1-6-9(13)8-12(7-2)10(14)15-11(3,4)5/h6-8H2,1-5H3. The van der Waals surface area contributed by atoms with Crippen LogP contribution in [0.5, 0.6) is 0 Å². The number of carbonyl (C=O) groups excluding carboxylic acids is 2. The molecule has 4 nitrogen and oxygen atoms in total. The average Bonchev–Trinajstić information content (AvgIpc) is 2.10. The Morgan fingerprint density at radius 2 is 1.73 bits per heavy atom. The quantitative estimate of drug-likeness (QED) is 0.722. The van der Waals surface area contributed by atoms with E-state index < -0.39 is 11.7 Å². The second-order valence-electron chi connectivity index (χ2n) is 4.39. The van der Waals surface area contributed by atoms with Gasteiger partial charge in [0, 0.05) is 13.0 Å². The SMILES string of the molecule is CCC(=O)CN(CC)C(=O)OC(C)(C)C. The van der Waals surface area contributed by atoms with E-state index in [1.165, 1.54) is 4.90 Å². The minimum absolute atomic E-state index is 0.0442. The van der Waals surface area contributed by atoms with Crippen molar-refractivity contribution in [3.8, 4) is 0 Å². The molecule has 0 spiro atoms. The molecule has 0 rings (SSSR count). The highest BCUT2D eigenvalue weighted by Gasteiger charge is 2.22. The van der Waals surface area contributed by atoms with Crippen LogP contribution in [-0.2, 0) is 9.53 Å². The predicted octanol–water partition coefficient (Wildman–Crippen LogP) is 2.22. The van der Waals surface area contributed by atoms with Crippen LogP contribution in [0.25, 0.3) is 0 Å². The summed E-state index contributed by atoms with van der Waals surface area (Å²) in [5.41, 5.74) is -0.514. The maximum Gasteiger partial charge on any atom is 0.410 e. The molecule has 0 aliphatic rings. The fourth-order valence-electron chi connectivity index (χ4n) is 0.957. The van der Waals surface area contributed by atoms with Gasteiger partial charge in [-0.25, -0.2) is 4.79 Å². The molecule has 0 saturated carbocycles. The van der Waals surface area contributed by atoms with Gasteiger partial charge in [-0.2, -0.15) is 0 Å². The Kier molecular flexibility index (Phi) is 5.33. The summed E-state index contributed by atoms with van der Waals surface area (Å²) in [6.45, 7) is 9.65. The molecule has 1 amide bonds. The summed E-state index contributed by atoms with van der Waals surface area (Å²) in [7, 11) is 0. The van der Waals surface area contributed by atoms with E-state index in [2.05, 4.69) is 0 Å². The van der Waals surface area contributed by atoms with Gasteiger partial charge in [-0.1, -0.05) is 6.92 Å². The number of likely N-dealkylation sites (N-methyl/N-ethyl adjacent to an activating group) is 1. The topological polar surface area (TPSA) is 46.6 Å². The number of carbonyl (C=O) groups is 2. The molecule has 0 aliphatic carbocycles. The van der Waals surface area contributed by atoms with Crippen molar-refractivity contribution in [3.63, 3.8) is 0 Å². The van der Waals surface area contributed by atoms with Gasteiger partial charge in [0.2, 0.25) is 0 Å². The van der Waals surface area contributed by atoms with Gasteiger partial charge in [0.05, 0.1) is 6.54 Å². The summed E-state index contributed by atoms with van der Waals surface area (Å²) in [4.78, 5) is 24.2. The lowest BCUT2D eigenvalue weighted by molar-refractivity contribution is -0.119. The second kappa shape index (κ2) is 5.73. The number of amides is 1. The fraction of sp³-hybridized carbons (Fsp3) is 0.818. The number of ketones is 1. The summed E-state index contributed by atoms with van der Waals surface area (Å²) in [6.07, 6.45) is 0.0195. The lowest BCUT2D eigenvalue weighted by Crippen LogP contribution is -2.39. The van der Waals surface area contributed by atoms with Gasteiger partial charge in [-0.15, -0.1) is 0 Å². The summed E-state index contributed by atoms with van der Waals surface area (Å²) < 4.78 is 5.17. The minimum atomic E-state index is -0.514. The molecule has 0 radical (unpaired) electrons. The Labute approximate surface area is 91.6 Å². The van der Waals surface area contributed by atoms with Crippen LogP contribution in [0.15, 0.2) is 0 Å². The highest BCUT2D eigenvalue weighted by atomic mass is 16.6. The Bertz CT molecular complexity index is 230. The first kappa shape index (κ1) is 13.9. The lowest BCUT2D eigenvalue weighted by atomic mass is 10.2. The fourth-order valence-corrected chi connectivity index (χ4v) is 0.957. The van der Waals surface area contributed by atoms with Gasteiger partial charge < -0.3 is 9.64 Å². The van der Waals surface area contributed by atoms with Crippen LogP contribution in [0.1, 0.15) is 41.0 Å². The number of hydrogen-bond acceptors (Lipinski definition) is 3. The zero-order chi connectivity index (χ0) is 12.1. The third kappa shape index (κ3) is 6.10. The van der Waals surface area contributed by atoms with Crippen molar-refractivity contribution < 1.29 is 14.3 Å². The third-order valence-electron chi connectivity index (χ3n) is 1.79. The smallest absolute Gasteiger partial charge is 0.410 e. The van der Waals surface area contributed by atoms with E-state index in [0.717, 1.165) is 0 Å². The molecule has 0 fully saturated rings. The van der Waals surface area contributed by atoms with E-state index >= 15 is 0 Å². The number of Topliss-reactive ketones (excluding diaryl/α,β-unsaturated/α-hetero) is 1. The van der Waals surface area contributed by atoms with E-state index in [1.807, 2.05) is 6.92 Å². The molecule has 0 heterocycles. The molecule has 0 atom stereocenters. The molecular formula is C11H21NO3. The van der Waals surface area contributed by atoms with Crippen molar-refractivity contribution in [2.75, 3.05) is 13.1 Å². The van der Waals surface area contributed by atoms with Gasteiger partial charge in [-0.05, 0) is 27.7 Å². The van der Waals surface area contributed by atoms with E-state index in [-0.39, 0.29) is 12.3 Å². The molecule has 88 valence electrons. The Morgan fingerprint density at radius 3 is 2.07 bits per heavy atom. The minimum Gasteiger partial charge on any atom is -0.444 e. The molecule has 0 aliphatic heterocycles. The van der Waals surface area contributed by atoms with Crippen molar-refractivity contribution in [1.29, 1.82) is 0 Å². The maximum atomic E-state index is 11.6. The predicted molar refractivity (Wildman–Crippen MR) is 58.8 cm³/mol. The van der Waals surface area contributed by atoms with Gasteiger partial charge in [-0.3, -0.25) is 4.79 Å². The molecule has 0 aromatic rings. The first-order valence-electron chi connectivity index (χ1n) is 5.29. The van der Waals surface area contributed by atoms with Crippen LogP contribution in [0.2, 0.25) is 0 Å². The van der Waals surface area contributed by atoms with Crippen LogP contribution in [0.4, 0.5) is 4.79 Å². The second-order valence-corrected chi connectivity index (χ2v) is 4.39. The largest absolute Gasteiger partial charge is 0.444 e. The van der Waals surface area contributed by atoms with Crippen molar-refractivity contribution >= 4 is 11.9 Å². The number of ether oxygens (including phenoxy) is 1. The Morgan fingerprint density at radius 1 is 1.20 bits per heavy atom. The van der Waals surface area contributed by atoms with Crippen molar-refractivity contribution in [2.45, 2.75) is 46.6 Å². The molecule has 0 bridgehead atoms. The first-order valence-corrected chi connectivity index (χ1v) is 5.29. The molecule has 15 heavy (non-hydrogen) atoms. The third-order valence-corrected chi connectivity index (χ3v) is 1.79. The number of hydrogen-bond donors (Lipinski definition) is 0. The zero-order valence-corrected chi connectivity index (χ0v) is 10.3. The van der Waals surface area contributed by atoms with Crippen LogP contribution >= 0.6 is 0 Å². The van der Waals surface area contributed by atoms with Gasteiger partial charge in [0.25, 0.3) is 0 Å².